The molecule has 2 aromatic carbocycles. The minimum Gasteiger partial charge on any atom is -0.497 e. The summed E-state index contributed by atoms with van der Waals surface area (Å²) in [7, 11) is 1.51. The Bertz CT molecular complexity index is 1060. The third kappa shape index (κ3) is 3.56. The van der Waals surface area contributed by atoms with Gasteiger partial charge in [-0.15, -0.1) is 0 Å². The predicted octanol–water partition coefficient (Wildman–Crippen LogP) is 2.08. The highest BCUT2D eigenvalue weighted by molar-refractivity contribution is 6.03. The zero-order chi connectivity index (χ0) is 18.7. The monoisotopic (exact) mass is 352 g/mol. The van der Waals surface area contributed by atoms with Gasteiger partial charge in [0.1, 0.15) is 11.3 Å². The van der Waals surface area contributed by atoms with Crippen molar-refractivity contribution in [3.05, 3.63) is 70.1 Å². The first kappa shape index (κ1) is 17.2. The summed E-state index contributed by atoms with van der Waals surface area (Å²) >= 11 is 0. The van der Waals surface area contributed by atoms with Gasteiger partial charge in [0.2, 0.25) is 5.91 Å². The van der Waals surface area contributed by atoms with E-state index in [1.54, 1.807) is 36.4 Å². The molecule has 0 saturated heterocycles. The Morgan fingerprint density at radius 1 is 1.15 bits per heavy atom. The Kier molecular flexibility index (Phi) is 4.70. The molecule has 0 atom stereocenters. The third-order valence-corrected chi connectivity index (χ3v) is 3.85. The van der Waals surface area contributed by atoms with E-state index in [2.05, 4.69) is 5.32 Å². The number of primary amides is 1. The van der Waals surface area contributed by atoms with Crippen molar-refractivity contribution in [2.45, 2.75) is 6.42 Å². The number of hydrogen-bond donors (Lipinski definition) is 2. The van der Waals surface area contributed by atoms with Crippen LogP contribution in [0.1, 0.15) is 15.9 Å². The lowest BCUT2D eigenvalue weighted by Crippen LogP contribution is -2.20. The van der Waals surface area contributed by atoms with Crippen molar-refractivity contribution in [1.29, 1.82) is 0 Å². The van der Waals surface area contributed by atoms with E-state index in [-0.39, 0.29) is 17.9 Å². The molecular weight excluding hydrogens is 336 g/mol. The van der Waals surface area contributed by atoms with Gasteiger partial charge < -0.3 is 20.2 Å². The quantitative estimate of drug-likeness (QED) is 0.683. The minimum atomic E-state index is -0.640. The van der Waals surface area contributed by atoms with Gasteiger partial charge in [-0.05, 0) is 29.8 Å². The van der Waals surface area contributed by atoms with Gasteiger partial charge in [0, 0.05) is 17.5 Å². The summed E-state index contributed by atoms with van der Waals surface area (Å²) in [4.78, 5) is 35.6. The number of hydrogen-bond acceptors (Lipinski definition) is 5. The fourth-order valence-corrected chi connectivity index (χ4v) is 2.66. The maximum Gasteiger partial charge on any atom is 0.336 e. The maximum atomic E-state index is 12.4. The topological polar surface area (TPSA) is 112 Å². The smallest absolute Gasteiger partial charge is 0.336 e. The molecule has 0 bridgehead atoms. The van der Waals surface area contributed by atoms with Crippen LogP contribution < -0.4 is 21.4 Å². The summed E-state index contributed by atoms with van der Waals surface area (Å²) in [5.41, 5.74) is 6.11. The van der Waals surface area contributed by atoms with Crippen LogP contribution in [0.5, 0.6) is 5.75 Å². The molecule has 3 aromatic rings. The molecule has 1 aromatic heterocycles. The van der Waals surface area contributed by atoms with Gasteiger partial charge in [-0.3, -0.25) is 9.59 Å². The standard InChI is InChI=1S/C19H16N2O5/c1-25-12-6-7-13-11(9-18(23)26-16(13)10-12)8-17(22)21-15-5-3-2-4-14(15)19(20)24/h2-7,9-10H,8H2,1H3,(H2,20,24)(H,21,22). The molecule has 0 aliphatic heterocycles. The minimum absolute atomic E-state index is 0.0679. The number of carbonyl (C=O) groups is 2. The number of carbonyl (C=O) groups excluding carboxylic acids is 2. The van der Waals surface area contributed by atoms with Gasteiger partial charge >= 0.3 is 5.63 Å². The van der Waals surface area contributed by atoms with E-state index in [1.807, 2.05) is 0 Å². The molecule has 132 valence electrons. The van der Waals surface area contributed by atoms with Crippen molar-refractivity contribution >= 4 is 28.5 Å². The molecule has 0 aliphatic carbocycles. The summed E-state index contributed by atoms with van der Waals surface area (Å²) in [5, 5.41) is 3.28. The van der Waals surface area contributed by atoms with Crippen molar-refractivity contribution in [3.63, 3.8) is 0 Å². The number of ether oxygens (including phenoxy) is 1. The molecule has 0 fully saturated rings. The zero-order valence-corrected chi connectivity index (χ0v) is 13.9. The van der Waals surface area contributed by atoms with E-state index < -0.39 is 11.5 Å². The summed E-state index contributed by atoms with van der Waals surface area (Å²) in [5.74, 6) is -0.488. The molecule has 0 spiro atoms. The summed E-state index contributed by atoms with van der Waals surface area (Å²) in [6.45, 7) is 0. The highest BCUT2D eigenvalue weighted by atomic mass is 16.5. The van der Waals surface area contributed by atoms with Crippen LogP contribution in [0.2, 0.25) is 0 Å². The van der Waals surface area contributed by atoms with Crippen LogP contribution in [0.15, 0.2) is 57.7 Å². The van der Waals surface area contributed by atoms with Crippen LogP contribution in [-0.4, -0.2) is 18.9 Å². The number of methoxy groups -OCH3 is 1. The van der Waals surface area contributed by atoms with Crippen LogP contribution in [-0.2, 0) is 11.2 Å². The van der Waals surface area contributed by atoms with Crippen LogP contribution in [0.4, 0.5) is 5.69 Å². The van der Waals surface area contributed by atoms with Gasteiger partial charge in [-0.2, -0.15) is 0 Å². The average Bonchev–Trinajstić information content (AvgIpc) is 2.61. The number of nitrogens with two attached hydrogens (primary N) is 1. The zero-order valence-electron chi connectivity index (χ0n) is 13.9. The summed E-state index contributed by atoms with van der Waals surface area (Å²) < 4.78 is 10.3. The lowest BCUT2D eigenvalue weighted by Gasteiger charge is -2.10. The predicted molar refractivity (Wildman–Crippen MR) is 96.3 cm³/mol. The van der Waals surface area contributed by atoms with Crippen molar-refractivity contribution in [3.8, 4) is 5.75 Å². The number of fused-ring (bicyclic) bond motifs is 1. The lowest BCUT2D eigenvalue weighted by molar-refractivity contribution is -0.115. The number of rotatable bonds is 5. The Balaban J connectivity index is 1.90. The second-order valence-electron chi connectivity index (χ2n) is 5.59. The average molecular weight is 352 g/mol. The van der Waals surface area contributed by atoms with Gasteiger partial charge in [-0.1, -0.05) is 12.1 Å². The van der Waals surface area contributed by atoms with Gasteiger partial charge in [0.15, 0.2) is 0 Å². The highest BCUT2D eigenvalue weighted by Gasteiger charge is 2.14. The second-order valence-corrected chi connectivity index (χ2v) is 5.59. The summed E-state index contributed by atoms with van der Waals surface area (Å²) in [6.07, 6.45) is -0.0679. The molecule has 7 heteroatoms. The van der Waals surface area contributed by atoms with Crippen molar-refractivity contribution in [2.75, 3.05) is 12.4 Å². The first-order valence-corrected chi connectivity index (χ1v) is 7.77. The highest BCUT2D eigenvalue weighted by Crippen LogP contribution is 2.23. The summed E-state index contributed by atoms with van der Waals surface area (Å²) in [6, 6.07) is 12.7. The van der Waals surface area contributed by atoms with Crippen LogP contribution in [0.25, 0.3) is 11.0 Å². The van der Waals surface area contributed by atoms with Gasteiger partial charge in [0.25, 0.3) is 5.91 Å². The lowest BCUT2D eigenvalue weighted by atomic mass is 10.1. The van der Waals surface area contributed by atoms with Crippen LogP contribution in [0, 0.1) is 0 Å². The first-order valence-electron chi connectivity index (χ1n) is 7.77. The Morgan fingerprint density at radius 2 is 1.92 bits per heavy atom. The Morgan fingerprint density at radius 3 is 2.65 bits per heavy atom. The molecule has 26 heavy (non-hydrogen) atoms. The maximum absolute atomic E-state index is 12.4. The molecule has 3 rings (SSSR count). The fraction of sp³-hybridized carbons (Fsp3) is 0.105. The molecule has 7 nitrogen and oxygen atoms in total. The van der Waals surface area contributed by atoms with Gasteiger partial charge in [0.05, 0.1) is 24.8 Å². The molecule has 0 aliphatic rings. The van der Waals surface area contributed by atoms with E-state index in [0.29, 0.717) is 28.0 Å². The normalized spacial score (nSPS) is 10.5. The molecular formula is C19H16N2O5. The van der Waals surface area contributed by atoms with E-state index in [4.69, 9.17) is 14.9 Å². The number of nitrogens with one attached hydrogen (secondary N) is 1. The number of anilines is 1. The Labute approximate surface area is 148 Å². The largest absolute Gasteiger partial charge is 0.497 e. The number of amides is 2. The van der Waals surface area contributed by atoms with E-state index in [0.717, 1.165) is 0 Å². The SMILES string of the molecule is COc1ccc2c(CC(=O)Nc3ccccc3C(N)=O)cc(=O)oc2c1. The second kappa shape index (κ2) is 7.10. The first-order chi connectivity index (χ1) is 12.5. The van der Waals surface area contributed by atoms with E-state index >= 15 is 0 Å². The van der Waals surface area contributed by atoms with Crippen molar-refractivity contribution in [2.24, 2.45) is 5.73 Å². The Hall–Kier alpha value is -3.61. The molecule has 3 N–H and O–H groups in total. The van der Waals surface area contributed by atoms with Crippen molar-refractivity contribution < 1.29 is 18.7 Å². The van der Waals surface area contributed by atoms with Crippen LogP contribution >= 0.6 is 0 Å². The number of benzene rings is 2. The van der Waals surface area contributed by atoms with Gasteiger partial charge in [-0.25, -0.2) is 4.79 Å². The number of para-hydroxylation sites is 1. The van der Waals surface area contributed by atoms with Crippen LogP contribution in [0.3, 0.4) is 0 Å². The molecule has 0 unspecified atom stereocenters. The third-order valence-electron chi connectivity index (χ3n) is 3.85. The molecule has 0 saturated carbocycles. The molecule has 1 heterocycles. The van der Waals surface area contributed by atoms with E-state index in [9.17, 15) is 14.4 Å². The molecule has 0 radical (unpaired) electrons. The van der Waals surface area contributed by atoms with Crippen molar-refractivity contribution in [1.82, 2.24) is 0 Å². The van der Waals surface area contributed by atoms with E-state index in [1.165, 1.54) is 19.2 Å². The molecule has 2 amide bonds. The fourth-order valence-electron chi connectivity index (χ4n) is 2.66.